The van der Waals surface area contributed by atoms with E-state index in [1.807, 2.05) is 0 Å². The zero-order valence-electron chi connectivity index (χ0n) is 32.7. The molecule has 1 aromatic rings. The van der Waals surface area contributed by atoms with Gasteiger partial charge in [0, 0.05) is 43.6 Å². The first kappa shape index (κ1) is 10.2. The summed E-state index contributed by atoms with van der Waals surface area (Å²) in [6.07, 6.45) is -11.2. The van der Waals surface area contributed by atoms with E-state index in [9.17, 15) is 13.0 Å². The standard InChI is InChI=1S/C24H38N2O4/c1-14(2)9-17-13-26-8-7-16-10-21(28-5)22(29-6)11-18(16)19(26)12-20(17)30-24(27)23(25)15(3)4/h10-11,14-15,17,19-20,23H,7-9,12-13,25H2,1-6H3/t17?,19?,20?,23-/m0/s1/i5D3,7D2,8D2,10D,11D,12D2,13D2,17D,20D. The number of hydrogen-bond donors (Lipinski definition) is 1. The summed E-state index contributed by atoms with van der Waals surface area (Å²) < 4.78 is 147. The lowest BCUT2D eigenvalue weighted by molar-refractivity contribution is -0.160. The second kappa shape index (κ2) is 9.56. The van der Waals surface area contributed by atoms with Crippen LogP contribution in [0.25, 0.3) is 0 Å². The fourth-order valence-corrected chi connectivity index (χ4v) is 3.02. The summed E-state index contributed by atoms with van der Waals surface area (Å²) in [6, 6.07) is -6.08. The molecule has 0 amide bonds. The zero-order chi connectivity index (χ0) is 35.3. The first-order chi connectivity index (χ1) is 20.0. The molecule has 4 atom stereocenters. The average molecular weight is 434 g/mol. The van der Waals surface area contributed by atoms with Crippen LogP contribution in [0.15, 0.2) is 12.1 Å². The Balaban J connectivity index is 2.60. The molecule has 30 heavy (non-hydrogen) atoms. The monoisotopic (exact) mass is 433 g/mol. The molecule has 2 heterocycles. The number of carbonyl (C=O) groups excluding carboxylic acids is 1. The number of methoxy groups -OCH3 is 2. The van der Waals surface area contributed by atoms with E-state index in [1.54, 1.807) is 0 Å². The van der Waals surface area contributed by atoms with E-state index in [1.165, 1.54) is 27.7 Å². The van der Waals surface area contributed by atoms with Crippen LogP contribution < -0.4 is 15.2 Å². The van der Waals surface area contributed by atoms with Crippen LogP contribution in [0.3, 0.4) is 0 Å². The van der Waals surface area contributed by atoms with Crippen LogP contribution in [-0.4, -0.2) is 50.1 Å². The Morgan fingerprint density at radius 2 is 2.10 bits per heavy atom. The number of nitrogens with zero attached hydrogens (tertiary/aromatic N) is 1. The van der Waals surface area contributed by atoms with Crippen molar-refractivity contribution < 1.29 is 39.6 Å². The van der Waals surface area contributed by atoms with E-state index < -0.39 is 116 Å². The Kier molecular flexibility index (Phi) is 3.26. The molecule has 2 N–H and O–H groups in total. The second-order valence-corrected chi connectivity index (χ2v) is 7.87. The Hall–Kier alpha value is -1.79. The molecule has 0 spiro atoms. The van der Waals surface area contributed by atoms with Gasteiger partial charge in [-0.25, -0.2) is 0 Å². The van der Waals surface area contributed by atoms with Crippen LogP contribution in [-0.2, 0) is 15.9 Å². The van der Waals surface area contributed by atoms with Gasteiger partial charge in [-0.3, -0.25) is 9.69 Å². The minimum atomic E-state index is -3.63. The smallest absolute Gasteiger partial charge is 0.323 e. The first-order valence-electron chi connectivity index (χ1n) is 17.2. The third-order valence-electron chi connectivity index (χ3n) is 4.70. The lowest BCUT2D eigenvalue weighted by atomic mass is 9.79. The summed E-state index contributed by atoms with van der Waals surface area (Å²) in [5.41, 5.74) is 3.99. The van der Waals surface area contributed by atoms with Gasteiger partial charge in [-0.05, 0) is 47.8 Å². The molecule has 1 fully saturated rings. The molecule has 0 radical (unpaired) electrons. The van der Waals surface area contributed by atoms with Crippen molar-refractivity contribution in [3.63, 3.8) is 0 Å². The van der Waals surface area contributed by atoms with Crippen LogP contribution >= 0.6 is 0 Å². The molecule has 1 saturated heterocycles. The molecule has 0 aliphatic carbocycles. The van der Waals surface area contributed by atoms with Crippen LogP contribution in [0.1, 0.15) is 78.2 Å². The number of fused-ring (bicyclic) bond motifs is 3. The third kappa shape index (κ3) is 4.75. The minimum absolute atomic E-state index is 0.0852. The molecular weight excluding hydrogens is 380 g/mol. The summed E-state index contributed by atoms with van der Waals surface area (Å²) in [7, 11) is -2.30. The quantitative estimate of drug-likeness (QED) is 0.663. The van der Waals surface area contributed by atoms with Crippen molar-refractivity contribution >= 4 is 5.97 Å². The van der Waals surface area contributed by atoms with Gasteiger partial charge in [-0.2, -0.15) is 0 Å². The van der Waals surface area contributed by atoms with Crippen molar-refractivity contribution in [1.82, 2.24) is 4.90 Å². The summed E-state index contributed by atoms with van der Waals surface area (Å²) in [4.78, 5) is 13.3. The predicted octanol–water partition coefficient (Wildman–Crippen LogP) is 3.56. The Morgan fingerprint density at radius 3 is 2.73 bits per heavy atom. The first-order valence-corrected chi connectivity index (χ1v) is 9.69. The van der Waals surface area contributed by atoms with Crippen molar-refractivity contribution in [2.24, 2.45) is 23.5 Å². The van der Waals surface area contributed by atoms with Gasteiger partial charge >= 0.3 is 5.97 Å². The highest BCUT2D eigenvalue weighted by molar-refractivity contribution is 5.76. The molecule has 1 aromatic carbocycles. The Morgan fingerprint density at radius 1 is 1.37 bits per heavy atom. The van der Waals surface area contributed by atoms with Gasteiger partial charge < -0.3 is 19.9 Å². The number of carbonyl (C=O) groups is 1. The normalized spacial score (nSPS) is 44.3. The number of esters is 1. The van der Waals surface area contributed by atoms with Gasteiger partial charge in [0.05, 0.1) is 22.4 Å². The third-order valence-corrected chi connectivity index (χ3v) is 4.70. The lowest BCUT2D eigenvalue weighted by Crippen LogP contribution is -2.51. The maximum atomic E-state index is 13.2. The Bertz CT molecular complexity index is 1350. The van der Waals surface area contributed by atoms with Gasteiger partial charge in [0.15, 0.2) is 11.5 Å². The number of rotatable bonds is 7. The molecule has 0 saturated carbocycles. The highest BCUT2D eigenvalue weighted by Crippen LogP contribution is 2.44. The van der Waals surface area contributed by atoms with Gasteiger partial charge in [-0.1, -0.05) is 27.7 Å². The molecule has 0 aromatic heterocycles. The van der Waals surface area contributed by atoms with Gasteiger partial charge in [0.2, 0.25) is 0 Å². The van der Waals surface area contributed by atoms with E-state index in [2.05, 4.69) is 0 Å². The summed E-state index contributed by atoms with van der Waals surface area (Å²) in [5.74, 6) is -7.54. The highest BCUT2D eigenvalue weighted by Gasteiger charge is 2.41. The molecule has 168 valence electrons. The fourth-order valence-electron chi connectivity index (χ4n) is 3.02. The maximum Gasteiger partial charge on any atom is 0.323 e. The number of piperidine rings is 1. The number of ether oxygens (including phenoxy) is 3. The van der Waals surface area contributed by atoms with E-state index in [0.29, 0.717) is 0 Å². The van der Waals surface area contributed by atoms with Crippen molar-refractivity contribution in [1.29, 1.82) is 0 Å². The molecular formula is C24H38N2O4. The molecule has 2 aliphatic heterocycles. The summed E-state index contributed by atoms with van der Waals surface area (Å²) in [5, 5.41) is 0. The van der Waals surface area contributed by atoms with Crippen molar-refractivity contribution in [2.75, 3.05) is 27.1 Å². The average Bonchev–Trinajstić information content (AvgIpc) is 2.85. The van der Waals surface area contributed by atoms with Gasteiger partial charge in [-0.15, -0.1) is 0 Å². The van der Waals surface area contributed by atoms with Gasteiger partial charge in [0.25, 0.3) is 0 Å². The molecule has 3 rings (SSSR count). The second-order valence-electron chi connectivity index (χ2n) is 7.87. The van der Waals surface area contributed by atoms with Crippen LogP contribution in [0.5, 0.6) is 11.5 Å². The number of hydrogen-bond acceptors (Lipinski definition) is 6. The van der Waals surface area contributed by atoms with E-state index >= 15 is 0 Å². The van der Waals surface area contributed by atoms with Crippen LogP contribution in [0.2, 0.25) is 0 Å². The van der Waals surface area contributed by atoms with E-state index in [4.69, 9.17) is 32.3 Å². The molecule has 3 unspecified atom stereocenters. The number of benzene rings is 1. The predicted molar refractivity (Wildman–Crippen MR) is 118 cm³/mol. The SMILES string of the molecule is [2H]c1c(OC)c(OC([2H])([2H])[2H])c([2H])c2c1C1N(C([2H])([2H])C2([2H])[2H])C([2H])([2H])C([2H])(CC(C)C)C([2H])(OC(=O)[C@@H](N)C(C)C)C1([2H])[2H]. The summed E-state index contributed by atoms with van der Waals surface area (Å²) in [6.45, 7) is -1.05. The maximum absolute atomic E-state index is 13.2. The summed E-state index contributed by atoms with van der Waals surface area (Å²) >= 11 is 0. The minimum Gasteiger partial charge on any atom is -0.493 e. The van der Waals surface area contributed by atoms with Crippen molar-refractivity contribution in [3.05, 3.63) is 23.2 Å². The van der Waals surface area contributed by atoms with E-state index in [0.717, 1.165) is 7.11 Å². The van der Waals surface area contributed by atoms with Gasteiger partial charge in [0.1, 0.15) is 12.1 Å². The van der Waals surface area contributed by atoms with Crippen LogP contribution in [0, 0.1) is 17.7 Å². The molecule has 6 heteroatoms. The fraction of sp³-hybridized carbons (Fsp3) is 0.708. The van der Waals surface area contributed by atoms with Crippen molar-refractivity contribution in [3.8, 4) is 11.5 Å². The number of nitrogens with two attached hydrogens (primary N) is 1. The molecule has 0 bridgehead atoms. The largest absolute Gasteiger partial charge is 0.493 e. The molecule has 6 nitrogen and oxygen atoms in total. The Labute approximate surface area is 202 Å². The molecule has 2 aliphatic rings. The van der Waals surface area contributed by atoms with Crippen LogP contribution in [0.4, 0.5) is 0 Å². The topological polar surface area (TPSA) is 74.0 Å². The highest BCUT2D eigenvalue weighted by atomic mass is 16.5. The van der Waals surface area contributed by atoms with Crippen molar-refractivity contribution in [2.45, 2.75) is 65.0 Å². The zero-order valence-corrected chi connectivity index (χ0v) is 17.7. The van der Waals surface area contributed by atoms with E-state index in [-0.39, 0.29) is 4.90 Å². The lowest BCUT2D eigenvalue weighted by Gasteiger charge is -2.47.